The summed E-state index contributed by atoms with van der Waals surface area (Å²) in [5.74, 6) is -3.10. The molecule has 0 saturated heterocycles. The molecule has 332 valence electrons. The first kappa shape index (κ1) is 49.3. The quantitative estimate of drug-likeness (QED) is 0.0517. The standard InChI is InChI=1S/C24H26ClN3O6.C23H30ClNO3/c1-3-33-14-24(2,22(30)31)13-19(26-21(29)20-27-23(32)34-28-20)11-15-7-9-16(10-8-15)17-5-4-6-18(25)12-17;1-4-27-16-23(3,22(26)28-5-2)15-21(25)13-17-9-11-18(12-10-17)19-7-6-8-20(24)14-19/h4-10,12,19H,3,11,13-14H2,1-2H3,(H,26,29)(H,30,31)(H,27,28,32);6-12,14,21H,4-5,13,15-16,25H2,1-3H3/t19-,24+;21-,23+/m11/s1. The van der Waals surface area contributed by atoms with E-state index in [9.17, 15) is 24.3 Å². The number of esters is 1. The van der Waals surface area contributed by atoms with Crippen molar-refractivity contribution in [1.82, 2.24) is 15.5 Å². The number of carboxylic acids is 1. The Hall–Kier alpha value is -5.31. The van der Waals surface area contributed by atoms with Gasteiger partial charge in [0.1, 0.15) is 0 Å². The molecule has 5 rings (SSSR count). The number of nitrogens with one attached hydrogen (secondary N) is 2. The Morgan fingerprint density at radius 1 is 0.758 bits per heavy atom. The smallest absolute Gasteiger partial charge is 0.439 e. The van der Waals surface area contributed by atoms with Crippen LogP contribution in [-0.4, -0.2) is 78.2 Å². The molecule has 0 radical (unpaired) electrons. The van der Waals surface area contributed by atoms with Gasteiger partial charge in [0, 0.05) is 35.3 Å². The van der Waals surface area contributed by atoms with Gasteiger partial charge in [-0.05, 0) is 123 Å². The van der Waals surface area contributed by atoms with Crippen molar-refractivity contribution in [2.24, 2.45) is 16.6 Å². The van der Waals surface area contributed by atoms with Crippen molar-refractivity contribution in [2.45, 2.75) is 72.4 Å². The average molecular weight is 892 g/mol. The van der Waals surface area contributed by atoms with Gasteiger partial charge in [-0.25, -0.2) is 4.79 Å². The van der Waals surface area contributed by atoms with E-state index in [1.807, 2.05) is 80.6 Å². The Morgan fingerprint density at radius 2 is 1.27 bits per heavy atom. The lowest BCUT2D eigenvalue weighted by Gasteiger charge is -2.30. The second kappa shape index (κ2) is 23.8. The number of carboxylic acid groups (broad SMARTS) is 1. The molecule has 62 heavy (non-hydrogen) atoms. The molecule has 4 aromatic carbocycles. The van der Waals surface area contributed by atoms with Gasteiger partial charge in [-0.15, -0.1) is 0 Å². The Labute approximate surface area is 372 Å². The van der Waals surface area contributed by atoms with Gasteiger partial charge in [-0.3, -0.25) is 23.9 Å². The van der Waals surface area contributed by atoms with Crippen LogP contribution in [0, 0.1) is 10.8 Å². The zero-order valence-electron chi connectivity index (χ0n) is 35.7. The fraction of sp³-hybridized carbons (Fsp3) is 0.383. The van der Waals surface area contributed by atoms with Crippen molar-refractivity contribution in [3.05, 3.63) is 135 Å². The van der Waals surface area contributed by atoms with Crippen LogP contribution in [-0.2, 0) is 36.6 Å². The number of aromatic nitrogens is 2. The summed E-state index contributed by atoms with van der Waals surface area (Å²) in [6.07, 6.45) is 1.61. The van der Waals surface area contributed by atoms with E-state index in [-0.39, 0.29) is 30.9 Å². The fourth-order valence-corrected chi connectivity index (χ4v) is 7.29. The third-order valence-corrected chi connectivity index (χ3v) is 10.6. The summed E-state index contributed by atoms with van der Waals surface area (Å²) in [5, 5.41) is 17.4. The molecule has 4 atom stereocenters. The largest absolute Gasteiger partial charge is 0.481 e. The summed E-state index contributed by atoms with van der Waals surface area (Å²) in [6.45, 7) is 10.5. The van der Waals surface area contributed by atoms with Crippen molar-refractivity contribution < 1.29 is 38.2 Å². The van der Waals surface area contributed by atoms with E-state index >= 15 is 0 Å². The van der Waals surface area contributed by atoms with Crippen LogP contribution in [0.25, 0.3) is 22.3 Å². The molecule has 0 unspecified atom stereocenters. The van der Waals surface area contributed by atoms with Crippen LogP contribution >= 0.6 is 23.2 Å². The fourth-order valence-electron chi connectivity index (χ4n) is 6.91. The number of benzene rings is 4. The number of hydrogen-bond donors (Lipinski definition) is 4. The highest BCUT2D eigenvalue weighted by Gasteiger charge is 2.38. The van der Waals surface area contributed by atoms with Crippen LogP contribution in [0.1, 0.15) is 69.2 Å². The number of nitrogens with two attached hydrogens (primary N) is 1. The third-order valence-electron chi connectivity index (χ3n) is 10.1. The minimum atomic E-state index is -1.24. The average Bonchev–Trinajstić information content (AvgIpc) is 3.69. The van der Waals surface area contributed by atoms with E-state index < -0.39 is 34.5 Å². The molecule has 13 nitrogen and oxygen atoms in total. The molecule has 0 spiro atoms. The molecule has 0 aliphatic heterocycles. The van der Waals surface area contributed by atoms with E-state index in [0.717, 1.165) is 38.4 Å². The van der Waals surface area contributed by atoms with Crippen molar-refractivity contribution >= 4 is 41.0 Å². The molecule has 15 heteroatoms. The molecule has 1 amide bonds. The third kappa shape index (κ3) is 14.9. The number of carbonyl (C=O) groups excluding carboxylic acids is 2. The number of halogens is 2. The molecule has 0 saturated carbocycles. The number of aliphatic carboxylic acids is 1. The summed E-state index contributed by atoms with van der Waals surface area (Å²) in [5.41, 5.74) is 10.5. The Balaban J connectivity index is 0.000000278. The van der Waals surface area contributed by atoms with Crippen LogP contribution in [0.4, 0.5) is 0 Å². The number of rotatable bonds is 21. The van der Waals surface area contributed by atoms with Crippen LogP contribution in [0.3, 0.4) is 0 Å². The van der Waals surface area contributed by atoms with E-state index in [4.69, 9.17) is 43.1 Å². The highest BCUT2D eigenvalue weighted by atomic mass is 35.5. The topological polar surface area (TPSA) is 196 Å². The van der Waals surface area contributed by atoms with Gasteiger partial charge in [-0.2, -0.15) is 0 Å². The number of aromatic amines is 1. The summed E-state index contributed by atoms with van der Waals surface area (Å²) in [6, 6.07) is 30.5. The first-order valence-corrected chi connectivity index (χ1v) is 21.2. The number of carbonyl (C=O) groups is 3. The van der Waals surface area contributed by atoms with Crippen molar-refractivity contribution in [1.29, 1.82) is 0 Å². The maximum absolute atomic E-state index is 12.6. The molecule has 0 aliphatic rings. The zero-order chi connectivity index (χ0) is 45.3. The van der Waals surface area contributed by atoms with Crippen LogP contribution in [0.15, 0.2) is 106 Å². The van der Waals surface area contributed by atoms with E-state index in [1.54, 1.807) is 26.8 Å². The predicted molar refractivity (Wildman–Crippen MR) is 240 cm³/mol. The molecule has 5 N–H and O–H groups in total. The SMILES string of the molecule is CCOC[C@](C)(C[C@@H](Cc1ccc(-c2cccc(Cl)c2)cc1)NC(=O)c1noc(=O)[nH]1)C(=O)O.CCOC[C@](C)(C[C@H](N)Cc1ccc(-c2cccc(Cl)c2)cc1)C(=O)OCC. The Morgan fingerprint density at radius 3 is 1.73 bits per heavy atom. The summed E-state index contributed by atoms with van der Waals surface area (Å²) < 4.78 is 20.6. The van der Waals surface area contributed by atoms with Gasteiger partial charge < -0.3 is 30.4 Å². The van der Waals surface area contributed by atoms with Gasteiger partial charge >= 0.3 is 17.7 Å². The van der Waals surface area contributed by atoms with Gasteiger partial charge in [0.25, 0.3) is 5.91 Å². The van der Waals surface area contributed by atoms with Gasteiger partial charge in [0.05, 0.1) is 30.7 Å². The second-order valence-electron chi connectivity index (χ2n) is 15.5. The number of hydrogen-bond acceptors (Lipinski definition) is 10. The van der Waals surface area contributed by atoms with Gasteiger partial charge in [-0.1, -0.05) is 96.0 Å². The summed E-state index contributed by atoms with van der Waals surface area (Å²) >= 11 is 12.2. The molecule has 0 fully saturated rings. The minimum Gasteiger partial charge on any atom is -0.481 e. The normalized spacial score (nSPS) is 14.0. The monoisotopic (exact) mass is 890 g/mol. The first-order valence-electron chi connectivity index (χ1n) is 20.5. The predicted octanol–water partition coefficient (Wildman–Crippen LogP) is 8.41. The molecular formula is C47H56Cl2N4O9. The highest BCUT2D eigenvalue weighted by Crippen LogP contribution is 2.30. The molecule has 0 aliphatic carbocycles. The first-order chi connectivity index (χ1) is 29.6. The molecule has 0 bridgehead atoms. The Kier molecular flexibility index (Phi) is 18.9. The lowest BCUT2D eigenvalue weighted by Crippen LogP contribution is -2.44. The molecular weight excluding hydrogens is 835 g/mol. The van der Waals surface area contributed by atoms with Crippen LogP contribution < -0.4 is 16.8 Å². The molecule has 5 aromatic rings. The van der Waals surface area contributed by atoms with E-state index in [0.29, 0.717) is 50.7 Å². The van der Waals surface area contributed by atoms with Crippen LogP contribution in [0.2, 0.25) is 10.0 Å². The molecule has 1 heterocycles. The second-order valence-corrected chi connectivity index (χ2v) is 16.4. The summed E-state index contributed by atoms with van der Waals surface area (Å²) in [4.78, 5) is 50.5. The number of amides is 1. The van der Waals surface area contributed by atoms with E-state index in [2.05, 4.69) is 44.2 Å². The van der Waals surface area contributed by atoms with Crippen molar-refractivity contribution in [2.75, 3.05) is 33.0 Å². The van der Waals surface area contributed by atoms with Gasteiger partial charge in [0.2, 0.25) is 5.82 Å². The van der Waals surface area contributed by atoms with Crippen LogP contribution in [0.5, 0.6) is 0 Å². The maximum Gasteiger partial charge on any atom is 0.439 e. The lowest BCUT2D eigenvalue weighted by molar-refractivity contribution is -0.159. The highest BCUT2D eigenvalue weighted by molar-refractivity contribution is 6.31. The number of ether oxygens (including phenoxy) is 3. The number of H-pyrrole nitrogens is 1. The molecule has 1 aromatic heterocycles. The maximum atomic E-state index is 12.6. The van der Waals surface area contributed by atoms with Crippen molar-refractivity contribution in [3.8, 4) is 22.3 Å². The van der Waals surface area contributed by atoms with E-state index in [1.165, 1.54) is 0 Å². The van der Waals surface area contributed by atoms with Gasteiger partial charge in [0.15, 0.2) is 0 Å². The summed E-state index contributed by atoms with van der Waals surface area (Å²) in [7, 11) is 0. The van der Waals surface area contributed by atoms with Crippen molar-refractivity contribution in [3.63, 3.8) is 0 Å². The zero-order valence-corrected chi connectivity index (χ0v) is 37.3. The minimum absolute atomic E-state index is 0.0142. The number of nitrogens with zero attached hydrogens (tertiary/aromatic N) is 1. The lowest BCUT2D eigenvalue weighted by atomic mass is 9.82. The Bertz CT molecular complexity index is 2260.